The number of rotatable bonds is 1. The number of ether oxygens (including phenoxy) is 1. The Kier molecular flexibility index (Phi) is 4.71. The SMILES string of the molecule is CC(C)(C)OC(=O)N1CCCN(C2CCCC2)CC1. The molecule has 0 atom stereocenters. The summed E-state index contributed by atoms with van der Waals surface area (Å²) in [5.41, 5.74) is -0.394. The first-order chi connectivity index (χ1) is 8.96. The lowest BCUT2D eigenvalue weighted by Crippen LogP contribution is -2.40. The van der Waals surface area contributed by atoms with E-state index < -0.39 is 5.60 Å². The third kappa shape index (κ3) is 4.37. The van der Waals surface area contributed by atoms with Crippen LogP contribution in [0.2, 0.25) is 0 Å². The molecule has 0 aromatic carbocycles. The monoisotopic (exact) mass is 268 g/mol. The minimum absolute atomic E-state index is 0.152. The Morgan fingerprint density at radius 2 is 1.68 bits per heavy atom. The van der Waals surface area contributed by atoms with Gasteiger partial charge in [-0.05, 0) is 40.0 Å². The van der Waals surface area contributed by atoms with Crippen LogP contribution in [0, 0.1) is 0 Å². The molecule has 4 heteroatoms. The fraction of sp³-hybridized carbons (Fsp3) is 0.933. The molecule has 1 aliphatic carbocycles. The van der Waals surface area contributed by atoms with Crippen LogP contribution in [0.3, 0.4) is 0 Å². The maximum absolute atomic E-state index is 12.1. The van der Waals surface area contributed by atoms with E-state index in [1.165, 1.54) is 25.7 Å². The molecule has 0 aromatic heterocycles. The van der Waals surface area contributed by atoms with Crippen LogP contribution in [-0.4, -0.2) is 53.7 Å². The van der Waals surface area contributed by atoms with Crippen molar-refractivity contribution in [3.63, 3.8) is 0 Å². The minimum Gasteiger partial charge on any atom is -0.444 e. The quantitative estimate of drug-likeness (QED) is 0.733. The van der Waals surface area contributed by atoms with E-state index in [9.17, 15) is 4.79 Å². The third-order valence-corrected chi connectivity index (χ3v) is 4.02. The summed E-state index contributed by atoms with van der Waals surface area (Å²) in [6.07, 6.45) is 6.34. The number of hydrogen-bond donors (Lipinski definition) is 0. The van der Waals surface area contributed by atoms with Gasteiger partial charge >= 0.3 is 6.09 Å². The van der Waals surface area contributed by atoms with Gasteiger partial charge < -0.3 is 9.64 Å². The molecule has 110 valence electrons. The zero-order chi connectivity index (χ0) is 13.9. The first kappa shape index (κ1) is 14.6. The van der Waals surface area contributed by atoms with E-state index >= 15 is 0 Å². The van der Waals surface area contributed by atoms with Crippen molar-refractivity contribution in [2.45, 2.75) is 64.5 Å². The van der Waals surface area contributed by atoms with Crippen molar-refractivity contribution in [1.82, 2.24) is 9.80 Å². The van der Waals surface area contributed by atoms with Gasteiger partial charge in [0, 0.05) is 32.2 Å². The van der Waals surface area contributed by atoms with Gasteiger partial charge in [0.25, 0.3) is 0 Å². The van der Waals surface area contributed by atoms with Gasteiger partial charge in [0.2, 0.25) is 0 Å². The minimum atomic E-state index is -0.394. The van der Waals surface area contributed by atoms with Gasteiger partial charge in [0.15, 0.2) is 0 Å². The van der Waals surface area contributed by atoms with Crippen molar-refractivity contribution in [3.05, 3.63) is 0 Å². The molecule has 2 fully saturated rings. The lowest BCUT2D eigenvalue weighted by Gasteiger charge is -2.28. The Labute approximate surface area is 117 Å². The van der Waals surface area contributed by atoms with Crippen LogP contribution in [0.15, 0.2) is 0 Å². The lowest BCUT2D eigenvalue weighted by molar-refractivity contribution is 0.0255. The Bertz CT molecular complexity index is 306. The van der Waals surface area contributed by atoms with Crippen molar-refractivity contribution in [2.24, 2.45) is 0 Å². The molecule has 1 aliphatic heterocycles. The Morgan fingerprint density at radius 1 is 1.00 bits per heavy atom. The first-order valence-corrected chi connectivity index (χ1v) is 7.68. The highest BCUT2D eigenvalue weighted by Gasteiger charge is 2.28. The average molecular weight is 268 g/mol. The van der Waals surface area contributed by atoms with Crippen molar-refractivity contribution in [1.29, 1.82) is 0 Å². The van der Waals surface area contributed by atoms with Gasteiger partial charge in [-0.15, -0.1) is 0 Å². The van der Waals surface area contributed by atoms with E-state index in [2.05, 4.69) is 4.90 Å². The van der Waals surface area contributed by atoms with Gasteiger partial charge in [-0.1, -0.05) is 12.8 Å². The topological polar surface area (TPSA) is 32.8 Å². The third-order valence-electron chi connectivity index (χ3n) is 4.02. The average Bonchev–Trinajstić information content (AvgIpc) is 2.71. The molecule has 0 bridgehead atoms. The molecule has 4 nitrogen and oxygen atoms in total. The van der Waals surface area contributed by atoms with Gasteiger partial charge in [-0.2, -0.15) is 0 Å². The van der Waals surface area contributed by atoms with E-state index in [0.717, 1.165) is 38.6 Å². The number of carbonyl (C=O) groups is 1. The summed E-state index contributed by atoms with van der Waals surface area (Å²) in [4.78, 5) is 16.5. The first-order valence-electron chi connectivity index (χ1n) is 7.68. The van der Waals surface area contributed by atoms with Crippen molar-refractivity contribution in [2.75, 3.05) is 26.2 Å². The van der Waals surface area contributed by atoms with E-state index in [4.69, 9.17) is 4.74 Å². The summed E-state index contributed by atoms with van der Waals surface area (Å²) in [6.45, 7) is 9.55. The number of nitrogens with zero attached hydrogens (tertiary/aromatic N) is 2. The molecule has 0 radical (unpaired) electrons. The Morgan fingerprint density at radius 3 is 2.32 bits per heavy atom. The molecule has 0 N–H and O–H groups in total. The largest absolute Gasteiger partial charge is 0.444 e. The van der Waals surface area contributed by atoms with Crippen LogP contribution in [0.5, 0.6) is 0 Å². The van der Waals surface area contributed by atoms with Crippen LogP contribution in [-0.2, 0) is 4.74 Å². The number of hydrogen-bond acceptors (Lipinski definition) is 3. The molecule has 2 rings (SSSR count). The van der Waals surface area contributed by atoms with Gasteiger partial charge in [0.05, 0.1) is 0 Å². The second-order valence-corrected chi connectivity index (χ2v) is 6.80. The highest BCUT2D eigenvalue weighted by Crippen LogP contribution is 2.24. The summed E-state index contributed by atoms with van der Waals surface area (Å²) in [6, 6.07) is 0.763. The summed E-state index contributed by atoms with van der Waals surface area (Å²) in [7, 11) is 0. The molecule has 0 aromatic rings. The second kappa shape index (κ2) is 6.12. The molecular formula is C15H28N2O2. The summed E-state index contributed by atoms with van der Waals surface area (Å²) >= 11 is 0. The van der Waals surface area contributed by atoms with Crippen LogP contribution in [0.1, 0.15) is 52.9 Å². The predicted molar refractivity (Wildman–Crippen MR) is 76.3 cm³/mol. The smallest absolute Gasteiger partial charge is 0.410 e. The zero-order valence-electron chi connectivity index (χ0n) is 12.7. The maximum atomic E-state index is 12.1. The standard InChI is InChI=1S/C15H28N2O2/c1-15(2,3)19-14(18)17-10-6-9-16(11-12-17)13-7-4-5-8-13/h13H,4-12H2,1-3H3. The molecule has 19 heavy (non-hydrogen) atoms. The summed E-state index contributed by atoms with van der Waals surface area (Å²) in [5, 5.41) is 0. The van der Waals surface area contributed by atoms with Crippen LogP contribution < -0.4 is 0 Å². The fourth-order valence-electron chi connectivity index (χ4n) is 3.08. The normalized spacial score (nSPS) is 23.4. The van der Waals surface area contributed by atoms with Gasteiger partial charge in [-0.3, -0.25) is 4.90 Å². The lowest BCUT2D eigenvalue weighted by atomic mass is 10.2. The number of carbonyl (C=O) groups excluding carboxylic acids is 1. The molecule has 1 heterocycles. The fourth-order valence-corrected chi connectivity index (χ4v) is 3.08. The van der Waals surface area contributed by atoms with Crippen molar-refractivity contribution < 1.29 is 9.53 Å². The highest BCUT2D eigenvalue weighted by atomic mass is 16.6. The van der Waals surface area contributed by atoms with E-state index in [1.54, 1.807) is 0 Å². The van der Waals surface area contributed by atoms with Crippen LogP contribution in [0.4, 0.5) is 4.79 Å². The highest BCUT2D eigenvalue weighted by molar-refractivity contribution is 5.68. The molecule has 0 spiro atoms. The Hall–Kier alpha value is -0.770. The van der Waals surface area contributed by atoms with Crippen molar-refractivity contribution >= 4 is 6.09 Å². The van der Waals surface area contributed by atoms with E-state index in [0.29, 0.717) is 0 Å². The van der Waals surface area contributed by atoms with Gasteiger partial charge in [0.1, 0.15) is 5.60 Å². The van der Waals surface area contributed by atoms with Gasteiger partial charge in [-0.25, -0.2) is 4.79 Å². The van der Waals surface area contributed by atoms with E-state index in [1.807, 2.05) is 25.7 Å². The second-order valence-electron chi connectivity index (χ2n) is 6.80. The van der Waals surface area contributed by atoms with E-state index in [-0.39, 0.29) is 6.09 Å². The molecule has 1 amide bonds. The zero-order valence-corrected chi connectivity index (χ0v) is 12.7. The molecular weight excluding hydrogens is 240 g/mol. The molecule has 1 saturated carbocycles. The van der Waals surface area contributed by atoms with Crippen molar-refractivity contribution in [3.8, 4) is 0 Å². The Balaban J connectivity index is 1.84. The van der Waals surface area contributed by atoms with Crippen LogP contribution in [0.25, 0.3) is 0 Å². The predicted octanol–water partition coefficient (Wildman–Crippen LogP) is 2.87. The van der Waals surface area contributed by atoms with Crippen LogP contribution >= 0.6 is 0 Å². The number of amides is 1. The molecule has 1 saturated heterocycles. The molecule has 2 aliphatic rings. The maximum Gasteiger partial charge on any atom is 0.410 e. The summed E-state index contributed by atoms with van der Waals surface area (Å²) < 4.78 is 5.46. The summed E-state index contributed by atoms with van der Waals surface area (Å²) in [5.74, 6) is 0. The molecule has 0 unspecified atom stereocenters.